The first kappa shape index (κ1) is 23.2. The van der Waals surface area contributed by atoms with E-state index in [2.05, 4.69) is 0 Å². The molecule has 38 heavy (non-hydrogen) atoms. The number of phenolic OH excluding ortho intramolecular Hbond substituents is 2. The van der Waals surface area contributed by atoms with E-state index < -0.39 is 0 Å². The molecule has 1 aliphatic rings. The van der Waals surface area contributed by atoms with Crippen molar-refractivity contribution in [1.29, 1.82) is 0 Å². The van der Waals surface area contributed by atoms with Crippen molar-refractivity contribution in [3.05, 3.63) is 97.1 Å². The van der Waals surface area contributed by atoms with Crippen molar-refractivity contribution in [2.75, 3.05) is 9.80 Å². The number of benzene rings is 4. The number of aromatic hydroxyl groups is 2. The first-order valence-corrected chi connectivity index (χ1v) is 12.4. The summed E-state index contributed by atoms with van der Waals surface area (Å²) in [6.45, 7) is 4.00. The van der Waals surface area contributed by atoms with Crippen molar-refractivity contribution in [3.8, 4) is 11.5 Å². The summed E-state index contributed by atoms with van der Waals surface area (Å²) in [5.74, 6) is 2.62. The summed E-state index contributed by atoms with van der Waals surface area (Å²) < 4.78 is 0. The van der Waals surface area contributed by atoms with Crippen molar-refractivity contribution in [3.63, 3.8) is 0 Å². The molecule has 0 bridgehead atoms. The zero-order valence-electron chi connectivity index (χ0n) is 20.8. The number of para-hydroxylation sites is 4. The highest BCUT2D eigenvalue weighted by molar-refractivity contribution is 6.00. The zero-order chi connectivity index (χ0) is 26.2. The van der Waals surface area contributed by atoms with E-state index in [9.17, 15) is 10.2 Å². The van der Waals surface area contributed by atoms with Gasteiger partial charge in [-0.2, -0.15) is 0 Å². The predicted molar refractivity (Wildman–Crippen MR) is 150 cm³/mol. The van der Waals surface area contributed by atoms with Gasteiger partial charge in [0.2, 0.25) is 0 Å². The number of fused-ring (bicyclic) bond motifs is 4. The first-order valence-electron chi connectivity index (χ1n) is 12.4. The molecule has 0 saturated heterocycles. The van der Waals surface area contributed by atoms with Crippen LogP contribution in [-0.2, 0) is 0 Å². The van der Waals surface area contributed by atoms with Gasteiger partial charge in [-0.1, -0.05) is 38.1 Å². The van der Waals surface area contributed by atoms with Crippen LogP contribution in [0.4, 0.5) is 34.6 Å². The molecule has 2 aromatic heterocycles. The van der Waals surface area contributed by atoms with Gasteiger partial charge in [0.05, 0.1) is 22.1 Å². The molecule has 0 fully saturated rings. The summed E-state index contributed by atoms with van der Waals surface area (Å²) in [5, 5.41) is 19.9. The third-order valence-corrected chi connectivity index (χ3v) is 6.13. The molecule has 0 atom stereocenters. The standard InChI is InChI=1S/C28H18N6O2.C2H6/c35-19-13-9-17(10-14-19)33-25-26(30-22-6-2-1-5-21(22)29-25)34(18-11-15-20(36)16-12-18)28-27(33)31-23-7-3-4-8-24(23)32-28;1-2/h1-16,35-36H;1-2H3. The largest absolute Gasteiger partial charge is 0.508 e. The number of rotatable bonds is 2. The minimum absolute atomic E-state index is 0.163. The van der Waals surface area contributed by atoms with E-state index in [-0.39, 0.29) is 11.5 Å². The van der Waals surface area contributed by atoms with Gasteiger partial charge in [0.25, 0.3) is 0 Å². The van der Waals surface area contributed by atoms with Crippen molar-refractivity contribution < 1.29 is 10.2 Å². The lowest BCUT2D eigenvalue weighted by Gasteiger charge is -2.36. The van der Waals surface area contributed by atoms with E-state index in [4.69, 9.17) is 19.9 Å². The van der Waals surface area contributed by atoms with Crippen molar-refractivity contribution in [2.45, 2.75) is 13.8 Å². The van der Waals surface area contributed by atoms with Gasteiger partial charge in [0.15, 0.2) is 23.3 Å². The molecule has 0 unspecified atom stereocenters. The molecule has 2 N–H and O–H groups in total. The highest BCUT2D eigenvalue weighted by Crippen LogP contribution is 2.51. The topological polar surface area (TPSA) is 98.5 Å². The van der Waals surface area contributed by atoms with Crippen molar-refractivity contribution in [1.82, 2.24) is 19.9 Å². The molecule has 186 valence electrons. The lowest BCUT2D eigenvalue weighted by Crippen LogP contribution is -2.28. The molecule has 0 amide bonds. The molecule has 0 aliphatic carbocycles. The third kappa shape index (κ3) is 3.79. The molecular weight excluding hydrogens is 476 g/mol. The molecule has 0 radical (unpaired) electrons. The Hall–Kier alpha value is -5.24. The van der Waals surface area contributed by atoms with Gasteiger partial charge in [-0.05, 0) is 72.8 Å². The monoisotopic (exact) mass is 500 g/mol. The van der Waals surface area contributed by atoms with E-state index >= 15 is 0 Å². The van der Waals surface area contributed by atoms with Crippen LogP contribution in [0.1, 0.15) is 13.8 Å². The summed E-state index contributed by atoms with van der Waals surface area (Å²) in [4.78, 5) is 23.9. The Kier molecular flexibility index (Phi) is 5.69. The Balaban J connectivity index is 0.00000129. The quantitative estimate of drug-likeness (QED) is 0.256. The second kappa shape index (κ2) is 9.33. The fraction of sp³-hybridized carbons (Fsp3) is 0.0667. The van der Waals surface area contributed by atoms with Crippen LogP contribution in [-0.4, -0.2) is 30.1 Å². The summed E-state index contributed by atoms with van der Waals surface area (Å²) in [5.41, 5.74) is 4.47. The SMILES string of the molecule is CC.Oc1ccc(N2c3nc4ccccc4nc3N(c3ccc(O)cc3)c3nc4ccccc4nc32)cc1. The molecule has 3 heterocycles. The number of phenols is 2. The molecule has 8 nitrogen and oxygen atoms in total. The van der Waals surface area contributed by atoms with E-state index in [0.717, 1.165) is 33.4 Å². The van der Waals surface area contributed by atoms with E-state index in [0.29, 0.717) is 23.3 Å². The van der Waals surface area contributed by atoms with E-state index in [1.54, 1.807) is 24.3 Å². The van der Waals surface area contributed by atoms with Gasteiger partial charge < -0.3 is 10.2 Å². The predicted octanol–water partition coefficient (Wildman–Crippen LogP) is 7.26. The van der Waals surface area contributed by atoms with Crippen molar-refractivity contribution >= 4 is 56.7 Å². The number of aromatic nitrogens is 4. The van der Waals surface area contributed by atoms with Crippen LogP contribution in [0.3, 0.4) is 0 Å². The van der Waals surface area contributed by atoms with Gasteiger partial charge in [-0.3, -0.25) is 9.80 Å². The molecule has 0 saturated carbocycles. The zero-order valence-corrected chi connectivity index (χ0v) is 20.8. The van der Waals surface area contributed by atoms with Crippen LogP contribution in [0.15, 0.2) is 97.1 Å². The smallest absolute Gasteiger partial charge is 0.183 e. The Morgan fingerprint density at radius 1 is 0.421 bits per heavy atom. The third-order valence-electron chi connectivity index (χ3n) is 6.13. The summed E-state index contributed by atoms with van der Waals surface area (Å²) in [6, 6.07) is 29.2. The van der Waals surface area contributed by atoms with Gasteiger partial charge in [0, 0.05) is 11.4 Å². The molecule has 6 aromatic rings. The molecule has 0 spiro atoms. The molecule has 8 heteroatoms. The summed E-state index contributed by atoms with van der Waals surface area (Å²) >= 11 is 0. The van der Waals surface area contributed by atoms with Crippen LogP contribution in [0, 0.1) is 0 Å². The van der Waals surface area contributed by atoms with Gasteiger partial charge in [-0.25, -0.2) is 19.9 Å². The Bertz CT molecular complexity index is 1550. The van der Waals surface area contributed by atoms with E-state index in [1.807, 2.05) is 96.4 Å². The first-order chi connectivity index (χ1) is 18.7. The fourth-order valence-electron chi connectivity index (χ4n) is 4.46. The number of nitrogens with zero attached hydrogens (tertiary/aromatic N) is 6. The minimum atomic E-state index is 0.163. The van der Waals surface area contributed by atoms with Crippen LogP contribution in [0.2, 0.25) is 0 Å². The van der Waals surface area contributed by atoms with E-state index in [1.165, 1.54) is 0 Å². The molecule has 4 aromatic carbocycles. The lowest BCUT2D eigenvalue weighted by atomic mass is 10.2. The Morgan fingerprint density at radius 2 is 0.684 bits per heavy atom. The number of hydrogen-bond donors (Lipinski definition) is 2. The van der Waals surface area contributed by atoms with Gasteiger partial charge in [0.1, 0.15) is 11.5 Å². The van der Waals surface area contributed by atoms with Gasteiger partial charge >= 0.3 is 0 Å². The molecule has 1 aliphatic heterocycles. The van der Waals surface area contributed by atoms with Crippen LogP contribution >= 0.6 is 0 Å². The minimum Gasteiger partial charge on any atom is -0.508 e. The number of hydrogen-bond acceptors (Lipinski definition) is 8. The van der Waals surface area contributed by atoms with Crippen LogP contribution < -0.4 is 9.80 Å². The maximum Gasteiger partial charge on any atom is 0.183 e. The highest BCUT2D eigenvalue weighted by atomic mass is 16.3. The number of anilines is 6. The maximum absolute atomic E-state index is 9.94. The van der Waals surface area contributed by atoms with Gasteiger partial charge in [-0.15, -0.1) is 0 Å². The summed E-state index contributed by atoms with van der Waals surface area (Å²) in [7, 11) is 0. The van der Waals surface area contributed by atoms with Crippen LogP contribution in [0.25, 0.3) is 22.1 Å². The highest BCUT2D eigenvalue weighted by Gasteiger charge is 2.36. The average Bonchev–Trinajstić information content (AvgIpc) is 2.96. The normalized spacial score (nSPS) is 12.1. The molecular formula is C30H24N6O2. The lowest BCUT2D eigenvalue weighted by molar-refractivity contribution is 0.475. The Morgan fingerprint density at radius 3 is 0.947 bits per heavy atom. The fourth-order valence-corrected chi connectivity index (χ4v) is 4.46. The second-order valence-corrected chi connectivity index (χ2v) is 8.42. The summed E-state index contributed by atoms with van der Waals surface area (Å²) in [6.07, 6.45) is 0. The average molecular weight is 501 g/mol. The second-order valence-electron chi connectivity index (χ2n) is 8.42. The Labute approximate surface area is 219 Å². The molecule has 7 rings (SSSR count). The van der Waals surface area contributed by atoms with Crippen molar-refractivity contribution in [2.24, 2.45) is 0 Å². The maximum atomic E-state index is 9.94. The van der Waals surface area contributed by atoms with Crippen LogP contribution in [0.5, 0.6) is 11.5 Å².